The first kappa shape index (κ1) is 10.6. The van der Waals surface area contributed by atoms with Crippen LogP contribution in [-0.2, 0) is 14.3 Å². The molecule has 0 aromatic rings. The highest BCUT2D eigenvalue weighted by Crippen LogP contribution is 2.26. The summed E-state index contributed by atoms with van der Waals surface area (Å²) in [6.07, 6.45) is 1.78. The third-order valence-electron chi connectivity index (χ3n) is 2.69. The molecule has 1 heterocycles. The van der Waals surface area contributed by atoms with E-state index in [1.165, 1.54) is 0 Å². The fourth-order valence-electron chi connectivity index (χ4n) is 1.84. The molecule has 0 radical (unpaired) electrons. The molecule has 1 fully saturated rings. The number of nitrogens with zero attached hydrogens (tertiary/aromatic N) is 1. The van der Waals surface area contributed by atoms with Crippen molar-refractivity contribution in [1.82, 2.24) is 5.06 Å². The first-order valence-electron chi connectivity index (χ1n) is 4.70. The van der Waals surface area contributed by atoms with Gasteiger partial charge in [0.15, 0.2) is 0 Å². The van der Waals surface area contributed by atoms with Crippen LogP contribution in [0.2, 0.25) is 0 Å². The molecule has 1 aliphatic carbocycles. The van der Waals surface area contributed by atoms with E-state index in [-0.39, 0.29) is 6.10 Å². The van der Waals surface area contributed by atoms with Gasteiger partial charge < -0.3 is 14.6 Å². The molecule has 6 nitrogen and oxygen atoms in total. The lowest BCUT2D eigenvalue weighted by Gasteiger charge is -2.40. The van der Waals surface area contributed by atoms with Gasteiger partial charge in [0, 0.05) is 13.5 Å². The Morgan fingerprint density at radius 1 is 1.60 bits per heavy atom. The van der Waals surface area contributed by atoms with Crippen molar-refractivity contribution in [2.45, 2.75) is 31.0 Å². The molecule has 4 atom stereocenters. The summed E-state index contributed by atoms with van der Waals surface area (Å²) in [7, 11) is 1.57. The van der Waals surface area contributed by atoms with Crippen LogP contribution in [0.4, 0.5) is 0 Å². The monoisotopic (exact) mass is 215 g/mol. The third kappa shape index (κ3) is 1.76. The van der Waals surface area contributed by atoms with Gasteiger partial charge >= 0.3 is 5.91 Å². The molecular formula is C9H13NO5. The Morgan fingerprint density at radius 2 is 2.33 bits per heavy atom. The predicted octanol–water partition coefficient (Wildman–Crippen LogP) is -0.735. The molecule has 0 saturated carbocycles. The standard InChI is InChI=1S/C9H13NO5/c1-14-5-2-3-6-7(4-5)15-9(12)8(11)10(6)13/h2-3,5-7,9,12-13H,4H2,1H3. The summed E-state index contributed by atoms with van der Waals surface area (Å²) < 4.78 is 10.2. The predicted molar refractivity (Wildman–Crippen MR) is 47.9 cm³/mol. The van der Waals surface area contributed by atoms with Crippen molar-refractivity contribution >= 4 is 5.91 Å². The summed E-state index contributed by atoms with van der Waals surface area (Å²) in [5, 5.41) is 19.2. The minimum absolute atomic E-state index is 0.111. The molecule has 6 heteroatoms. The van der Waals surface area contributed by atoms with Crippen LogP contribution in [0, 0.1) is 0 Å². The minimum Gasteiger partial charge on any atom is -0.377 e. The number of hydroxylamine groups is 2. The molecule has 2 rings (SSSR count). The van der Waals surface area contributed by atoms with Crippen molar-refractivity contribution in [3.63, 3.8) is 0 Å². The number of morpholine rings is 1. The highest BCUT2D eigenvalue weighted by molar-refractivity contribution is 5.79. The summed E-state index contributed by atoms with van der Waals surface area (Å²) in [6.45, 7) is 0. The molecule has 0 aromatic carbocycles. The fourth-order valence-corrected chi connectivity index (χ4v) is 1.84. The number of aliphatic hydroxyl groups is 1. The number of ether oxygens (including phenoxy) is 2. The Kier molecular flexibility index (Phi) is 2.74. The third-order valence-corrected chi connectivity index (χ3v) is 2.69. The Morgan fingerprint density at radius 3 is 3.00 bits per heavy atom. The van der Waals surface area contributed by atoms with Crippen LogP contribution in [-0.4, -0.2) is 52.9 Å². The zero-order valence-corrected chi connectivity index (χ0v) is 8.24. The van der Waals surface area contributed by atoms with E-state index in [9.17, 15) is 15.1 Å². The summed E-state index contributed by atoms with van der Waals surface area (Å²) in [5.41, 5.74) is 0. The van der Waals surface area contributed by atoms with Crippen LogP contribution in [0.5, 0.6) is 0 Å². The first-order chi connectivity index (χ1) is 7.13. The maximum Gasteiger partial charge on any atom is 0.303 e. The second kappa shape index (κ2) is 3.90. The molecule has 15 heavy (non-hydrogen) atoms. The number of hydrogen-bond donors (Lipinski definition) is 2. The van der Waals surface area contributed by atoms with Gasteiger partial charge in [0.25, 0.3) is 0 Å². The lowest BCUT2D eigenvalue weighted by molar-refractivity contribution is -0.256. The lowest BCUT2D eigenvalue weighted by Crippen LogP contribution is -2.58. The average molecular weight is 215 g/mol. The van der Waals surface area contributed by atoms with E-state index < -0.39 is 24.3 Å². The van der Waals surface area contributed by atoms with Gasteiger partial charge in [0.1, 0.15) is 6.04 Å². The van der Waals surface area contributed by atoms with E-state index in [0.29, 0.717) is 11.5 Å². The second-order valence-electron chi connectivity index (χ2n) is 3.60. The number of hydrogen-bond acceptors (Lipinski definition) is 5. The smallest absolute Gasteiger partial charge is 0.303 e. The summed E-state index contributed by atoms with van der Waals surface area (Å²) >= 11 is 0. The van der Waals surface area contributed by atoms with E-state index >= 15 is 0 Å². The molecule has 0 bridgehead atoms. The van der Waals surface area contributed by atoms with Crippen molar-refractivity contribution in [2.75, 3.05) is 7.11 Å². The number of aliphatic hydroxyl groups excluding tert-OH is 1. The molecule has 2 N–H and O–H groups in total. The molecule has 1 aliphatic heterocycles. The van der Waals surface area contributed by atoms with Crippen LogP contribution >= 0.6 is 0 Å². The Hall–Kier alpha value is -0.950. The van der Waals surface area contributed by atoms with Gasteiger partial charge in [-0.25, -0.2) is 5.06 Å². The van der Waals surface area contributed by atoms with Gasteiger partial charge in [-0.15, -0.1) is 0 Å². The summed E-state index contributed by atoms with van der Waals surface area (Å²) in [4.78, 5) is 11.2. The molecule has 2 aliphatic rings. The molecule has 0 spiro atoms. The zero-order valence-electron chi connectivity index (χ0n) is 8.24. The van der Waals surface area contributed by atoms with E-state index in [1.807, 2.05) is 0 Å². The SMILES string of the molecule is COC1C=CC2C(C1)OC(O)C(=O)N2O. The topological polar surface area (TPSA) is 79.2 Å². The zero-order chi connectivity index (χ0) is 11.0. The summed E-state index contributed by atoms with van der Waals surface area (Å²) in [5.74, 6) is -0.836. The van der Waals surface area contributed by atoms with Gasteiger partial charge in [0.05, 0.1) is 12.2 Å². The number of rotatable bonds is 1. The Balaban J connectivity index is 2.16. The van der Waals surface area contributed by atoms with Gasteiger partial charge in [-0.1, -0.05) is 12.2 Å². The number of carbonyl (C=O) groups is 1. The maximum atomic E-state index is 11.2. The highest BCUT2D eigenvalue weighted by atomic mass is 16.6. The van der Waals surface area contributed by atoms with E-state index in [1.54, 1.807) is 19.3 Å². The number of carbonyl (C=O) groups excluding carboxylic acids is 1. The maximum absolute atomic E-state index is 11.2. The van der Waals surface area contributed by atoms with Gasteiger partial charge in [-0.3, -0.25) is 10.0 Å². The highest BCUT2D eigenvalue weighted by Gasteiger charge is 2.42. The van der Waals surface area contributed by atoms with Crippen molar-refractivity contribution in [3.05, 3.63) is 12.2 Å². The van der Waals surface area contributed by atoms with Gasteiger partial charge in [-0.05, 0) is 0 Å². The van der Waals surface area contributed by atoms with Gasteiger partial charge in [0.2, 0.25) is 6.29 Å². The fraction of sp³-hybridized carbons (Fsp3) is 0.667. The summed E-state index contributed by atoms with van der Waals surface area (Å²) in [6, 6.07) is -0.535. The molecule has 1 saturated heterocycles. The number of methoxy groups -OCH3 is 1. The van der Waals surface area contributed by atoms with Crippen LogP contribution < -0.4 is 0 Å². The Labute approximate surface area is 86.6 Å². The van der Waals surface area contributed by atoms with E-state index in [4.69, 9.17) is 9.47 Å². The van der Waals surface area contributed by atoms with Crippen LogP contribution in [0.1, 0.15) is 6.42 Å². The molecule has 84 valence electrons. The average Bonchev–Trinajstić information content (AvgIpc) is 2.25. The van der Waals surface area contributed by atoms with E-state index in [0.717, 1.165) is 0 Å². The van der Waals surface area contributed by atoms with Gasteiger partial charge in [-0.2, -0.15) is 0 Å². The molecule has 0 aromatic heterocycles. The lowest BCUT2D eigenvalue weighted by atomic mass is 9.95. The largest absolute Gasteiger partial charge is 0.377 e. The molecule has 1 amide bonds. The van der Waals surface area contributed by atoms with Crippen molar-refractivity contribution in [2.24, 2.45) is 0 Å². The quantitative estimate of drug-likeness (QED) is 0.445. The van der Waals surface area contributed by atoms with Crippen LogP contribution in [0.25, 0.3) is 0 Å². The van der Waals surface area contributed by atoms with Crippen molar-refractivity contribution < 1.29 is 24.6 Å². The van der Waals surface area contributed by atoms with Crippen molar-refractivity contribution in [3.8, 4) is 0 Å². The van der Waals surface area contributed by atoms with Crippen molar-refractivity contribution in [1.29, 1.82) is 0 Å². The normalized spacial score (nSPS) is 40.5. The molecule has 4 unspecified atom stereocenters. The van der Waals surface area contributed by atoms with Crippen LogP contribution in [0.3, 0.4) is 0 Å². The first-order valence-corrected chi connectivity index (χ1v) is 4.70. The minimum atomic E-state index is -1.58. The number of fused-ring (bicyclic) bond motifs is 1. The number of amides is 1. The Bertz CT molecular complexity index is 292. The second-order valence-corrected chi connectivity index (χ2v) is 3.60. The van der Waals surface area contributed by atoms with E-state index in [2.05, 4.69) is 0 Å². The molecular weight excluding hydrogens is 202 g/mol. The van der Waals surface area contributed by atoms with Crippen LogP contribution in [0.15, 0.2) is 12.2 Å².